The van der Waals surface area contributed by atoms with Gasteiger partial charge in [-0.3, -0.25) is 0 Å². The smallest absolute Gasteiger partial charge is 0.0587 e. The van der Waals surface area contributed by atoms with Crippen LogP contribution in [0, 0.1) is 21.0 Å². The number of hydrogen-bond acceptors (Lipinski definition) is 0. The Morgan fingerprint density at radius 2 is 1.21 bits per heavy atom. The van der Waals surface area contributed by atoms with Gasteiger partial charge >= 0.3 is 21.2 Å². The summed E-state index contributed by atoms with van der Waals surface area (Å²) in [6, 6.07) is 12.0. The molecular formula is C23H32I+. The third-order valence-electron chi connectivity index (χ3n) is 4.73. The highest BCUT2D eigenvalue weighted by Gasteiger charge is 2.28. The van der Waals surface area contributed by atoms with Crippen molar-refractivity contribution in [3.8, 4) is 0 Å². The van der Waals surface area contributed by atoms with E-state index in [2.05, 4.69) is 85.7 Å². The maximum Gasteiger partial charge on any atom is 0.358 e. The van der Waals surface area contributed by atoms with E-state index in [1.165, 1.54) is 20.3 Å². The summed E-state index contributed by atoms with van der Waals surface area (Å²) in [7, 11) is 0. The molecule has 2 aromatic carbocycles. The molecule has 0 spiro atoms. The van der Waals surface area contributed by atoms with Crippen molar-refractivity contribution in [2.24, 2.45) is 0 Å². The summed E-state index contributed by atoms with van der Waals surface area (Å²) in [6.07, 6.45) is 0. The molecule has 0 saturated heterocycles. The van der Waals surface area contributed by atoms with Crippen molar-refractivity contribution >= 4 is 0 Å². The van der Waals surface area contributed by atoms with Crippen molar-refractivity contribution in [2.75, 3.05) is 0 Å². The van der Waals surface area contributed by atoms with Crippen LogP contribution in [0.1, 0.15) is 87.1 Å². The summed E-state index contributed by atoms with van der Waals surface area (Å²) in [4.78, 5) is 0. The van der Waals surface area contributed by atoms with Crippen LogP contribution in [0.25, 0.3) is 0 Å². The SMILES string of the molecule is Cc1ccc([I+]c2c(C(C)C)cc(C(C)C)cc2C(C)C)cc1C. The summed E-state index contributed by atoms with van der Waals surface area (Å²) < 4.78 is 3.20. The minimum atomic E-state index is -0.144. The topological polar surface area (TPSA) is 0 Å². The van der Waals surface area contributed by atoms with E-state index in [1.54, 1.807) is 14.7 Å². The molecule has 0 unspecified atom stereocenters. The van der Waals surface area contributed by atoms with E-state index in [9.17, 15) is 0 Å². The Hall–Kier alpha value is -0.830. The molecule has 0 heterocycles. The molecule has 0 radical (unpaired) electrons. The highest BCUT2D eigenvalue weighted by Crippen LogP contribution is 2.27. The van der Waals surface area contributed by atoms with Crippen LogP contribution in [0.3, 0.4) is 0 Å². The first-order chi connectivity index (χ1) is 11.2. The van der Waals surface area contributed by atoms with Gasteiger partial charge in [-0.2, -0.15) is 0 Å². The molecule has 0 aliphatic rings. The molecule has 0 aliphatic heterocycles. The molecule has 1 heteroatoms. The zero-order chi connectivity index (χ0) is 18.0. The standard InChI is InChI=1S/C23H32I/c1-14(2)19-12-21(15(3)4)23(22(13-19)16(5)6)24-20-10-9-17(7)18(8)11-20/h9-16H,1-8H3/q+1. The molecule has 0 nitrogen and oxygen atoms in total. The van der Waals surface area contributed by atoms with Gasteiger partial charge < -0.3 is 0 Å². The molecule has 0 aromatic heterocycles. The Balaban J connectivity index is 2.59. The molecule has 0 fully saturated rings. The third kappa shape index (κ3) is 4.41. The summed E-state index contributed by atoms with van der Waals surface area (Å²) >= 11 is -0.144. The Morgan fingerprint density at radius 1 is 0.667 bits per heavy atom. The Labute approximate surface area is 159 Å². The van der Waals surface area contributed by atoms with Gasteiger partial charge in [-0.1, -0.05) is 59.7 Å². The van der Waals surface area contributed by atoms with E-state index < -0.39 is 0 Å². The molecule has 0 saturated carbocycles. The number of benzene rings is 2. The van der Waals surface area contributed by atoms with E-state index in [0.29, 0.717) is 17.8 Å². The fraction of sp³-hybridized carbons (Fsp3) is 0.478. The monoisotopic (exact) mass is 435 g/mol. The number of rotatable bonds is 5. The van der Waals surface area contributed by atoms with Crippen LogP contribution in [0.5, 0.6) is 0 Å². The molecule has 0 atom stereocenters. The minimum Gasteiger partial charge on any atom is -0.0587 e. The second-order valence-electron chi connectivity index (χ2n) is 7.80. The maximum atomic E-state index is 2.48. The summed E-state index contributed by atoms with van der Waals surface area (Å²) in [5.74, 6) is 1.76. The molecule has 24 heavy (non-hydrogen) atoms. The van der Waals surface area contributed by atoms with E-state index in [4.69, 9.17) is 0 Å². The highest BCUT2D eigenvalue weighted by atomic mass is 127. The lowest BCUT2D eigenvalue weighted by molar-refractivity contribution is -0.599. The van der Waals surface area contributed by atoms with Crippen molar-refractivity contribution < 1.29 is 21.2 Å². The van der Waals surface area contributed by atoms with Crippen molar-refractivity contribution in [1.29, 1.82) is 0 Å². The largest absolute Gasteiger partial charge is 0.358 e. The summed E-state index contributed by atoms with van der Waals surface area (Å²) in [6.45, 7) is 18.4. The van der Waals surface area contributed by atoms with E-state index in [0.717, 1.165) is 0 Å². The first-order valence-corrected chi connectivity index (χ1v) is 11.3. The Bertz CT molecular complexity index is 679. The maximum absolute atomic E-state index is 2.48. The second-order valence-corrected chi connectivity index (χ2v) is 10.7. The van der Waals surface area contributed by atoms with Crippen LogP contribution in [-0.2, 0) is 0 Å². The number of aryl methyl sites for hydroxylation is 2. The second kappa shape index (κ2) is 8.03. The minimum absolute atomic E-state index is 0.144. The van der Waals surface area contributed by atoms with Gasteiger partial charge in [0, 0.05) is 11.1 Å². The van der Waals surface area contributed by atoms with Gasteiger partial charge in [0.15, 0.2) is 3.57 Å². The number of halogens is 1. The summed E-state index contributed by atoms with van der Waals surface area (Å²) in [5.41, 5.74) is 7.47. The number of hydrogen-bond donors (Lipinski definition) is 0. The zero-order valence-electron chi connectivity index (χ0n) is 16.5. The van der Waals surface area contributed by atoms with Crippen molar-refractivity contribution in [3.63, 3.8) is 0 Å². The highest BCUT2D eigenvalue weighted by molar-refractivity contribution is 5.35. The van der Waals surface area contributed by atoms with Gasteiger partial charge in [-0.05, 0) is 60.4 Å². The van der Waals surface area contributed by atoms with Gasteiger partial charge in [0.1, 0.15) is 0 Å². The predicted octanol–water partition coefficient (Wildman–Crippen LogP) is 3.80. The average Bonchev–Trinajstić information content (AvgIpc) is 2.50. The van der Waals surface area contributed by atoms with Gasteiger partial charge in [-0.15, -0.1) is 0 Å². The van der Waals surface area contributed by atoms with Crippen molar-refractivity contribution in [1.82, 2.24) is 0 Å². The quantitative estimate of drug-likeness (QED) is 0.627. The lowest BCUT2D eigenvalue weighted by Gasteiger charge is -2.17. The average molecular weight is 435 g/mol. The predicted molar refractivity (Wildman–Crippen MR) is 102 cm³/mol. The molecule has 2 rings (SSSR count). The molecule has 0 N–H and O–H groups in total. The van der Waals surface area contributed by atoms with Gasteiger partial charge in [-0.25, -0.2) is 0 Å². The fourth-order valence-corrected chi connectivity index (χ4v) is 6.63. The van der Waals surface area contributed by atoms with Crippen molar-refractivity contribution in [3.05, 3.63) is 65.3 Å². The molecule has 130 valence electrons. The third-order valence-corrected chi connectivity index (χ3v) is 7.81. The molecular weight excluding hydrogens is 403 g/mol. The first kappa shape index (κ1) is 19.5. The van der Waals surface area contributed by atoms with E-state index in [1.807, 2.05) is 0 Å². The van der Waals surface area contributed by atoms with Gasteiger partial charge in [0.25, 0.3) is 0 Å². The molecule has 0 aliphatic carbocycles. The van der Waals surface area contributed by atoms with Gasteiger partial charge in [0.05, 0.1) is 0 Å². The van der Waals surface area contributed by atoms with Crippen LogP contribution >= 0.6 is 0 Å². The van der Waals surface area contributed by atoms with Crippen LogP contribution in [0.15, 0.2) is 30.3 Å². The van der Waals surface area contributed by atoms with Crippen LogP contribution in [0.2, 0.25) is 0 Å². The lowest BCUT2D eigenvalue weighted by Crippen LogP contribution is -3.62. The van der Waals surface area contributed by atoms with Crippen LogP contribution < -0.4 is 21.2 Å². The molecule has 0 amide bonds. The fourth-order valence-electron chi connectivity index (χ4n) is 2.85. The van der Waals surface area contributed by atoms with Crippen molar-refractivity contribution in [2.45, 2.75) is 73.1 Å². The zero-order valence-corrected chi connectivity index (χ0v) is 18.7. The van der Waals surface area contributed by atoms with E-state index >= 15 is 0 Å². The molecule has 0 bridgehead atoms. The lowest BCUT2D eigenvalue weighted by atomic mass is 9.90. The molecule has 2 aromatic rings. The summed E-state index contributed by atoms with van der Waals surface area (Å²) in [5, 5.41) is 0. The normalized spacial score (nSPS) is 11.8. The Kier molecular flexibility index (Phi) is 6.52. The van der Waals surface area contributed by atoms with E-state index in [-0.39, 0.29) is 21.2 Å². The Morgan fingerprint density at radius 3 is 1.62 bits per heavy atom. The van der Waals surface area contributed by atoms with Crippen LogP contribution in [0.4, 0.5) is 0 Å². The van der Waals surface area contributed by atoms with Crippen LogP contribution in [-0.4, -0.2) is 0 Å². The van der Waals surface area contributed by atoms with Gasteiger partial charge in [0.2, 0.25) is 3.57 Å². The first-order valence-electron chi connectivity index (χ1n) is 9.10.